The molecule has 0 saturated carbocycles. The summed E-state index contributed by atoms with van der Waals surface area (Å²) >= 11 is 6.41. The van der Waals surface area contributed by atoms with Crippen LogP contribution in [0.3, 0.4) is 0 Å². The summed E-state index contributed by atoms with van der Waals surface area (Å²) < 4.78 is -1.02. The van der Waals surface area contributed by atoms with E-state index >= 15 is 0 Å². The van der Waals surface area contributed by atoms with Crippen LogP contribution in [0.5, 0.6) is 0 Å². The molecule has 1 aromatic rings. The second-order valence-corrected chi connectivity index (χ2v) is 6.29. The molecule has 1 heterocycles. The summed E-state index contributed by atoms with van der Waals surface area (Å²) in [6, 6.07) is 3.56. The lowest BCUT2D eigenvalue weighted by atomic mass is 10.1. The fourth-order valence-corrected chi connectivity index (χ4v) is 1.65. The van der Waals surface area contributed by atoms with Gasteiger partial charge in [-0.2, -0.15) is 5.26 Å². The van der Waals surface area contributed by atoms with Crippen molar-refractivity contribution in [3.63, 3.8) is 0 Å². The van der Waals surface area contributed by atoms with Crippen molar-refractivity contribution >= 4 is 44.0 Å². The highest BCUT2D eigenvalue weighted by Crippen LogP contribution is 2.39. The van der Waals surface area contributed by atoms with Crippen LogP contribution in [0.4, 0.5) is 5.82 Å². The van der Waals surface area contributed by atoms with E-state index in [1.54, 1.807) is 13.1 Å². The normalized spacial score (nSPS) is 10.5. The number of rotatable bonds is 3. The van der Waals surface area contributed by atoms with Crippen LogP contribution in [0.1, 0.15) is 11.1 Å². The summed E-state index contributed by atoms with van der Waals surface area (Å²) in [5.74, 6) is 0.537. The molecule has 1 aromatic heterocycles. The van der Waals surface area contributed by atoms with Crippen molar-refractivity contribution in [1.29, 1.82) is 5.26 Å². The zero-order valence-corrected chi connectivity index (χ0v) is 11.0. The number of hydrogen-bond acceptors (Lipinski definition) is 4. The predicted octanol–water partition coefficient (Wildman–Crippen LogP) is 2.14. The molecular formula is C9H7Br2N3O. The maximum absolute atomic E-state index is 10.9. The van der Waals surface area contributed by atoms with Crippen molar-refractivity contribution in [2.24, 2.45) is 0 Å². The van der Waals surface area contributed by atoms with Gasteiger partial charge in [0.25, 0.3) is 0 Å². The highest BCUT2D eigenvalue weighted by Gasteiger charge is 2.28. The summed E-state index contributed by atoms with van der Waals surface area (Å²) in [7, 11) is 1.69. The predicted molar refractivity (Wildman–Crippen MR) is 64.1 cm³/mol. The molecule has 0 saturated heterocycles. The quantitative estimate of drug-likeness (QED) is 0.680. The van der Waals surface area contributed by atoms with E-state index in [1.165, 1.54) is 6.20 Å². The summed E-state index contributed by atoms with van der Waals surface area (Å²) in [5.41, 5.74) is 0.966. The van der Waals surface area contributed by atoms with E-state index in [0.717, 1.165) is 0 Å². The third-order valence-electron chi connectivity index (χ3n) is 1.76. The number of aldehydes is 1. The van der Waals surface area contributed by atoms with Gasteiger partial charge in [0.15, 0.2) is 9.52 Å². The number of halogens is 2. The summed E-state index contributed by atoms with van der Waals surface area (Å²) in [5, 5.41) is 11.6. The van der Waals surface area contributed by atoms with Crippen molar-refractivity contribution in [2.75, 3.05) is 12.4 Å². The third kappa shape index (κ3) is 2.55. The second-order valence-electron chi connectivity index (χ2n) is 2.72. The van der Waals surface area contributed by atoms with E-state index in [-0.39, 0.29) is 0 Å². The Labute approximate surface area is 104 Å². The number of carbonyl (C=O) groups is 1. The van der Waals surface area contributed by atoms with Crippen molar-refractivity contribution in [2.45, 2.75) is 3.23 Å². The van der Waals surface area contributed by atoms with Crippen molar-refractivity contribution < 1.29 is 4.79 Å². The first-order chi connectivity index (χ1) is 7.05. The number of aromatic nitrogens is 1. The highest BCUT2D eigenvalue weighted by atomic mass is 79.9. The zero-order chi connectivity index (χ0) is 11.5. The van der Waals surface area contributed by atoms with Crippen LogP contribution in [0.25, 0.3) is 0 Å². The van der Waals surface area contributed by atoms with Crippen LogP contribution < -0.4 is 5.32 Å². The van der Waals surface area contributed by atoms with E-state index in [1.807, 2.05) is 6.07 Å². The lowest BCUT2D eigenvalue weighted by Crippen LogP contribution is -2.14. The molecule has 0 spiro atoms. The first kappa shape index (κ1) is 12.1. The molecule has 0 aliphatic heterocycles. The minimum absolute atomic E-state index is 0.397. The molecule has 6 heteroatoms. The Kier molecular flexibility index (Phi) is 3.83. The number of hydrogen-bond donors (Lipinski definition) is 1. The third-order valence-corrected chi connectivity index (χ3v) is 2.99. The van der Waals surface area contributed by atoms with E-state index in [9.17, 15) is 4.79 Å². The second kappa shape index (κ2) is 4.73. The monoisotopic (exact) mass is 331 g/mol. The summed E-state index contributed by atoms with van der Waals surface area (Å²) in [6.45, 7) is 0. The Bertz CT molecular complexity index is 426. The molecule has 0 aliphatic rings. The van der Waals surface area contributed by atoms with Gasteiger partial charge in [-0.15, -0.1) is 0 Å². The van der Waals surface area contributed by atoms with Crippen LogP contribution in [0.2, 0.25) is 0 Å². The standard InChI is InChI=1S/C9H7Br2N3O/c1-13-8-7(9(10,11)5-15)2-6(3-12)4-14-8/h2,4-5H,1H3,(H,13,14). The van der Waals surface area contributed by atoms with Crippen LogP contribution in [-0.2, 0) is 8.03 Å². The Balaban J connectivity index is 3.37. The van der Waals surface area contributed by atoms with Gasteiger partial charge < -0.3 is 10.1 Å². The minimum atomic E-state index is -1.02. The zero-order valence-electron chi connectivity index (χ0n) is 7.79. The van der Waals surface area contributed by atoms with Crippen LogP contribution in [-0.4, -0.2) is 18.3 Å². The first-order valence-corrected chi connectivity index (χ1v) is 5.56. The molecule has 0 aromatic carbocycles. The maximum Gasteiger partial charge on any atom is 0.164 e. The number of nitrogens with zero attached hydrogens (tertiary/aromatic N) is 2. The number of anilines is 1. The average molecular weight is 333 g/mol. The lowest BCUT2D eigenvalue weighted by molar-refractivity contribution is -0.107. The molecule has 0 fully saturated rings. The fourth-order valence-electron chi connectivity index (χ4n) is 1.04. The van der Waals surface area contributed by atoms with Gasteiger partial charge in [0, 0.05) is 18.8 Å². The van der Waals surface area contributed by atoms with Gasteiger partial charge in [0.1, 0.15) is 11.9 Å². The molecule has 0 atom stereocenters. The van der Waals surface area contributed by atoms with Gasteiger partial charge in [-0.1, -0.05) is 31.9 Å². The molecule has 0 bridgehead atoms. The van der Waals surface area contributed by atoms with Crippen LogP contribution >= 0.6 is 31.9 Å². The molecule has 15 heavy (non-hydrogen) atoms. The van der Waals surface area contributed by atoms with Crippen LogP contribution in [0, 0.1) is 11.3 Å². The smallest absolute Gasteiger partial charge is 0.164 e. The van der Waals surface area contributed by atoms with Gasteiger partial charge in [-0.3, -0.25) is 0 Å². The van der Waals surface area contributed by atoms with E-state index in [2.05, 4.69) is 42.2 Å². The Morgan fingerprint density at radius 1 is 1.67 bits per heavy atom. The summed E-state index contributed by atoms with van der Waals surface area (Å²) in [4.78, 5) is 14.9. The molecule has 0 radical (unpaired) electrons. The lowest BCUT2D eigenvalue weighted by Gasteiger charge is -2.16. The number of nitrogens with one attached hydrogen (secondary N) is 1. The molecule has 1 rings (SSSR count). The molecule has 0 aliphatic carbocycles. The van der Waals surface area contributed by atoms with Crippen molar-refractivity contribution in [3.05, 3.63) is 23.4 Å². The number of carbonyl (C=O) groups excluding carboxylic acids is 1. The van der Waals surface area contributed by atoms with Gasteiger partial charge in [0.05, 0.1) is 5.56 Å². The Morgan fingerprint density at radius 3 is 2.80 bits per heavy atom. The van der Waals surface area contributed by atoms with Crippen molar-refractivity contribution in [1.82, 2.24) is 4.98 Å². The first-order valence-electron chi connectivity index (χ1n) is 3.97. The van der Waals surface area contributed by atoms with Gasteiger partial charge in [-0.05, 0) is 6.07 Å². The van der Waals surface area contributed by atoms with Crippen molar-refractivity contribution in [3.8, 4) is 6.07 Å². The van der Waals surface area contributed by atoms with Crippen LogP contribution in [0.15, 0.2) is 12.3 Å². The molecule has 1 N–H and O–H groups in total. The summed E-state index contributed by atoms with van der Waals surface area (Å²) in [6.07, 6.45) is 2.13. The molecular weight excluding hydrogens is 326 g/mol. The largest absolute Gasteiger partial charge is 0.373 e. The highest BCUT2D eigenvalue weighted by molar-refractivity contribution is 9.25. The van der Waals surface area contributed by atoms with E-state index < -0.39 is 3.23 Å². The van der Waals surface area contributed by atoms with E-state index in [4.69, 9.17) is 5.26 Å². The Hall–Kier alpha value is -0.930. The SMILES string of the molecule is CNc1ncc(C#N)cc1C(Br)(Br)C=O. The van der Waals surface area contributed by atoms with Gasteiger partial charge in [0.2, 0.25) is 0 Å². The number of pyridine rings is 1. The fraction of sp³-hybridized carbons (Fsp3) is 0.222. The molecule has 4 nitrogen and oxygen atoms in total. The topological polar surface area (TPSA) is 65.8 Å². The number of nitriles is 1. The van der Waals surface area contributed by atoms with Gasteiger partial charge in [-0.25, -0.2) is 4.98 Å². The van der Waals surface area contributed by atoms with E-state index in [0.29, 0.717) is 23.2 Å². The molecule has 78 valence electrons. The minimum Gasteiger partial charge on any atom is -0.373 e. The average Bonchev–Trinajstić information content (AvgIpc) is 2.28. The Morgan fingerprint density at radius 2 is 2.33 bits per heavy atom. The number of alkyl halides is 2. The molecule has 0 amide bonds. The van der Waals surface area contributed by atoms with Gasteiger partial charge >= 0.3 is 0 Å². The molecule has 0 unspecified atom stereocenters. The maximum atomic E-state index is 10.9.